The van der Waals surface area contributed by atoms with Crippen LogP contribution in [0.2, 0.25) is 0 Å². The molecule has 0 saturated heterocycles. The normalized spacial score (nSPS) is 11.9. The monoisotopic (exact) mass is 523 g/mol. The molecule has 1 N–H and O–H groups in total. The van der Waals surface area contributed by atoms with Crippen molar-refractivity contribution in [3.8, 4) is 5.75 Å². The summed E-state index contributed by atoms with van der Waals surface area (Å²) in [7, 11) is -2.61. The maximum atomic E-state index is 13.8. The van der Waals surface area contributed by atoms with Gasteiger partial charge in [0.2, 0.25) is 11.8 Å². The highest BCUT2D eigenvalue weighted by Crippen LogP contribution is 2.27. The van der Waals surface area contributed by atoms with Crippen molar-refractivity contribution in [2.45, 2.75) is 38.3 Å². The lowest BCUT2D eigenvalue weighted by molar-refractivity contribution is -0.139. The number of sulfonamides is 1. The van der Waals surface area contributed by atoms with Crippen LogP contribution in [0.4, 0.5) is 5.69 Å². The lowest BCUT2D eigenvalue weighted by atomic mass is 10.1. The van der Waals surface area contributed by atoms with E-state index < -0.39 is 28.5 Å². The Bertz CT molecular complexity index is 1290. The number of likely N-dealkylation sites (N-methyl/N-ethyl adjacent to an activating group) is 1. The SMILES string of the molecule is CCOc1ccc(N(CC(=O)N(Cc2ccccc2)[C@H](C)C(=O)NC)S(=O)(=O)c2ccc(C)cc2)cc1. The lowest BCUT2D eigenvalue weighted by Crippen LogP contribution is -2.50. The van der Waals surface area contributed by atoms with E-state index in [1.165, 1.54) is 24.1 Å². The van der Waals surface area contributed by atoms with Gasteiger partial charge in [-0.3, -0.25) is 13.9 Å². The highest BCUT2D eigenvalue weighted by atomic mass is 32.2. The standard InChI is InChI=1S/C28H33N3O5S/c1-5-36-25-15-13-24(14-16-25)31(37(34,35)26-17-11-21(2)12-18-26)20-27(32)30(22(3)28(33)29-4)19-23-9-7-6-8-10-23/h6-18,22H,5,19-20H2,1-4H3,(H,29,33)/t22-/m1/s1. The Morgan fingerprint density at radius 1 is 0.946 bits per heavy atom. The molecule has 196 valence electrons. The van der Waals surface area contributed by atoms with Crippen LogP contribution in [0, 0.1) is 6.92 Å². The van der Waals surface area contributed by atoms with Gasteiger partial charge in [-0.25, -0.2) is 8.42 Å². The Kier molecular flexibility index (Phi) is 9.30. The van der Waals surface area contributed by atoms with Crippen molar-refractivity contribution >= 4 is 27.5 Å². The Balaban J connectivity index is 2.02. The van der Waals surface area contributed by atoms with E-state index in [1.807, 2.05) is 44.2 Å². The Morgan fingerprint density at radius 3 is 2.14 bits per heavy atom. The molecule has 9 heteroatoms. The zero-order valence-corrected chi connectivity index (χ0v) is 22.4. The van der Waals surface area contributed by atoms with Gasteiger partial charge in [0.15, 0.2) is 0 Å². The highest BCUT2D eigenvalue weighted by molar-refractivity contribution is 7.92. The van der Waals surface area contributed by atoms with Crippen LogP contribution in [0.1, 0.15) is 25.0 Å². The van der Waals surface area contributed by atoms with Crippen LogP contribution in [0.5, 0.6) is 5.75 Å². The first-order chi connectivity index (χ1) is 17.7. The predicted octanol–water partition coefficient (Wildman–Crippen LogP) is 3.75. The number of carbonyl (C=O) groups is 2. The number of rotatable bonds is 11. The summed E-state index contributed by atoms with van der Waals surface area (Å²) < 4.78 is 34.1. The Morgan fingerprint density at radius 2 is 1.57 bits per heavy atom. The molecule has 0 bridgehead atoms. The Hall–Kier alpha value is -3.85. The van der Waals surface area contributed by atoms with Gasteiger partial charge in [0, 0.05) is 13.6 Å². The van der Waals surface area contributed by atoms with Crippen LogP contribution in [0.25, 0.3) is 0 Å². The van der Waals surface area contributed by atoms with Crippen LogP contribution in [0.3, 0.4) is 0 Å². The summed E-state index contributed by atoms with van der Waals surface area (Å²) in [4.78, 5) is 27.7. The van der Waals surface area contributed by atoms with Crippen molar-refractivity contribution in [1.82, 2.24) is 10.2 Å². The van der Waals surface area contributed by atoms with E-state index in [9.17, 15) is 18.0 Å². The molecule has 2 amide bonds. The maximum Gasteiger partial charge on any atom is 0.264 e. The minimum absolute atomic E-state index is 0.0637. The third-order valence-corrected chi connectivity index (χ3v) is 7.72. The fourth-order valence-electron chi connectivity index (χ4n) is 3.81. The van der Waals surface area contributed by atoms with E-state index in [1.54, 1.807) is 43.3 Å². The second-order valence-corrected chi connectivity index (χ2v) is 10.4. The first kappa shape index (κ1) is 27.7. The summed E-state index contributed by atoms with van der Waals surface area (Å²) in [5.41, 5.74) is 2.04. The van der Waals surface area contributed by atoms with Crippen LogP contribution >= 0.6 is 0 Å². The van der Waals surface area contributed by atoms with Crippen LogP contribution in [-0.4, -0.2) is 51.4 Å². The average Bonchev–Trinajstić information content (AvgIpc) is 2.91. The fourth-order valence-corrected chi connectivity index (χ4v) is 5.23. The van der Waals surface area contributed by atoms with Crippen molar-refractivity contribution in [1.29, 1.82) is 0 Å². The van der Waals surface area contributed by atoms with Crippen molar-refractivity contribution < 1.29 is 22.7 Å². The first-order valence-corrected chi connectivity index (χ1v) is 13.5. The number of nitrogens with zero attached hydrogens (tertiary/aromatic N) is 2. The molecule has 0 unspecified atom stereocenters. The minimum atomic E-state index is -4.10. The molecule has 3 aromatic rings. The molecule has 0 saturated carbocycles. The van der Waals surface area contributed by atoms with Gasteiger partial charge in [-0.05, 0) is 62.7 Å². The molecule has 3 rings (SSSR count). The summed E-state index contributed by atoms with van der Waals surface area (Å²) in [6.45, 7) is 5.47. The van der Waals surface area contributed by atoms with Crippen LogP contribution in [-0.2, 0) is 26.2 Å². The zero-order chi connectivity index (χ0) is 27.0. The number of hydrogen-bond acceptors (Lipinski definition) is 5. The largest absolute Gasteiger partial charge is 0.494 e. The third kappa shape index (κ3) is 6.89. The smallest absolute Gasteiger partial charge is 0.264 e. The summed E-state index contributed by atoms with van der Waals surface area (Å²) in [6.07, 6.45) is 0. The molecular formula is C28H33N3O5S. The molecule has 0 aliphatic heterocycles. The van der Waals surface area contributed by atoms with E-state index >= 15 is 0 Å². The van der Waals surface area contributed by atoms with E-state index in [2.05, 4.69) is 5.32 Å². The molecule has 0 heterocycles. The minimum Gasteiger partial charge on any atom is -0.494 e. The van der Waals surface area contributed by atoms with E-state index in [-0.39, 0.29) is 17.3 Å². The average molecular weight is 524 g/mol. The molecule has 1 atom stereocenters. The molecule has 0 aromatic heterocycles. The van der Waals surface area contributed by atoms with Gasteiger partial charge < -0.3 is 15.0 Å². The Labute approximate surface area is 218 Å². The van der Waals surface area contributed by atoms with Crippen molar-refractivity contribution in [3.05, 3.63) is 90.0 Å². The first-order valence-electron chi connectivity index (χ1n) is 12.0. The molecule has 0 aliphatic carbocycles. The number of ether oxygens (including phenoxy) is 1. The summed E-state index contributed by atoms with van der Waals surface area (Å²) in [5, 5.41) is 2.57. The molecule has 0 spiro atoms. The van der Waals surface area contributed by atoms with Gasteiger partial charge in [-0.2, -0.15) is 0 Å². The summed E-state index contributed by atoms with van der Waals surface area (Å²) >= 11 is 0. The number of aryl methyl sites for hydroxylation is 1. The predicted molar refractivity (Wildman–Crippen MR) is 144 cm³/mol. The van der Waals surface area contributed by atoms with Crippen LogP contribution in [0.15, 0.2) is 83.8 Å². The second kappa shape index (κ2) is 12.4. The molecule has 37 heavy (non-hydrogen) atoms. The van der Waals surface area contributed by atoms with E-state index in [0.717, 1.165) is 15.4 Å². The van der Waals surface area contributed by atoms with Gasteiger partial charge >= 0.3 is 0 Å². The molecule has 0 aliphatic rings. The molecular weight excluding hydrogens is 490 g/mol. The van der Waals surface area contributed by atoms with Gasteiger partial charge in [0.1, 0.15) is 18.3 Å². The summed E-state index contributed by atoms with van der Waals surface area (Å²) in [5.74, 6) is -0.271. The van der Waals surface area contributed by atoms with E-state index in [4.69, 9.17) is 4.74 Å². The fraction of sp³-hybridized carbons (Fsp3) is 0.286. The van der Waals surface area contributed by atoms with Crippen molar-refractivity contribution in [2.75, 3.05) is 24.5 Å². The number of benzene rings is 3. The third-order valence-electron chi connectivity index (χ3n) is 5.93. The molecule has 0 radical (unpaired) electrons. The number of hydrogen-bond donors (Lipinski definition) is 1. The highest BCUT2D eigenvalue weighted by Gasteiger charge is 2.32. The maximum absolute atomic E-state index is 13.8. The van der Waals surface area contributed by atoms with Gasteiger partial charge in [0.25, 0.3) is 10.0 Å². The van der Waals surface area contributed by atoms with Gasteiger partial charge in [-0.15, -0.1) is 0 Å². The molecule has 8 nitrogen and oxygen atoms in total. The van der Waals surface area contributed by atoms with Crippen molar-refractivity contribution in [3.63, 3.8) is 0 Å². The van der Waals surface area contributed by atoms with Crippen molar-refractivity contribution in [2.24, 2.45) is 0 Å². The lowest BCUT2D eigenvalue weighted by Gasteiger charge is -2.31. The summed E-state index contributed by atoms with van der Waals surface area (Å²) in [6, 6.07) is 21.4. The van der Waals surface area contributed by atoms with E-state index in [0.29, 0.717) is 18.0 Å². The number of nitrogens with one attached hydrogen (secondary N) is 1. The number of anilines is 1. The second-order valence-electron chi connectivity index (χ2n) is 8.55. The topological polar surface area (TPSA) is 96.0 Å². The van der Waals surface area contributed by atoms with Gasteiger partial charge in [-0.1, -0.05) is 48.0 Å². The number of amides is 2. The van der Waals surface area contributed by atoms with Gasteiger partial charge in [0.05, 0.1) is 17.2 Å². The van der Waals surface area contributed by atoms with Crippen LogP contribution < -0.4 is 14.4 Å². The number of carbonyl (C=O) groups excluding carboxylic acids is 2. The molecule has 0 fully saturated rings. The quantitative estimate of drug-likeness (QED) is 0.413. The molecule has 3 aromatic carbocycles. The zero-order valence-electron chi connectivity index (χ0n) is 21.5.